The van der Waals surface area contributed by atoms with Gasteiger partial charge in [-0.25, -0.2) is 4.79 Å². The van der Waals surface area contributed by atoms with Crippen molar-refractivity contribution in [1.29, 1.82) is 0 Å². The number of nitrogens with one attached hydrogen (secondary N) is 2. The first-order valence-electron chi connectivity index (χ1n) is 7.39. The molecule has 1 aliphatic carbocycles. The lowest BCUT2D eigenvalue weighted by Gasteiger charge is -2.24. The third-order valence-corrected chi connectivity index (χ3v) is 3.74. The Hall–Kier alpha value is -1.26. The molecule has 110 valence electrons. The Morgan fingerprint density at radius 1 is 1.32 bits per heavy atom. The Bertz CT molecular complexity index is 288. The summed E-state index contributed by atoms with van der Waals surface area (Å²) in [4.78, 5) is 22.1. The van der Waals surface area contributed by atoms with E-state index in [2.05, 4.69) is 17.6 Å². The minimum atomic E-state index is -0.822. The maximum absolute atomic E-state index is 11.8. The van der Waals surface area contributed by atoms with Gasteiger partial charge in [-0.05, 0) is 31.6 Å². The van der Waals surface area contributed by atoms with Gasteiger partial charge in [0.25, 0.3) is 0 Å². The molecule has 0 aromatic heterocycles. The molecule has 2 amide bonds. The van der Waals surface area contributed by atoms with Gasteiger partial charge in [0.1, 0.15) is 0 Å². The number of carbonyl (C=O) groups excluding carboxylic acids is 1. The van der Waals surface area contributed by atoms with Crippen molar-refractivity contribution in [2.24, 2.45) is 5.92 Å². The van der Waals surface area contributed by atoms with Crippen LogP contribution in [0.25, 0.3) is 0 Å². The summed E-state index contributed by atoms with van der Waals surface area (Å²) < 4.78 is 0. The van der Waals surface area contributed by atoms with Gasteiger partial charge in [-0.3, -0.25) is 4.79 Å². The number of amides is 2. The van der Waals surface area contributed by atoms with E-state index in [0.29, 0.717) is 18.9 Å². The molecule has 5 heteroatoms. The second-order valence-electron chi connectivity index (χ2n) is 5.34. The van der Waals surface area contributed by atoms with Crippen LogP contribution in [0, 0.1) is 5.92 Å². The molecule has 0 aromatic carbocycles. The van der Waals surface area contributed by atoms with Crippen LogP contribution in [-0.4, -0.2) is 29.7 Å². The number of carboxylic acids is 1. The summed E-state index contributed by atoms with van der Waals surface area (Å²) in [7, 11) is 0. The molecule has 0 aliphatic heterocycles. The molecule has 1 atom stereocenters. The maximum atomic E-state index is 11.8. The Morgan fingerprint density at radius 2 is 2.00 bits per heavy atom. The van der Waals surface area contributed by atoms with Crippen molar-refractivity contribution in [3.05, 3.63) is 0 Å². The second-order valence-corrected chi connectivity index (χ2v) is 5.34. The van der Waals surface area contributed by atoms with Gasteiger partial charge < -0.3 is 15.7 Å². The van der Waals surface area contributed by atoms with Crippen LogP contribution in [0.15, 0.2) is 0 Å². The normalized spacial score (nSPS) is 17.1. The summed E-state index contributed by atoms with van der Waals surface area (Å²) in [5, 5.41) is 14.3. The molecule has 19 heavy (non-hydrogen) atoms. The van der Waals surface area contributed by atoms with E-state index < -0.39 is 5.97 Å². The van der Waals surface area contributed by atoms with E-state index in [-0.39, 0.29) is 18.5 Å². The Kier molecular flexibility index (Phi) is 7.30. The molecule has 0 spiro atoms. The minimum absolute atomic E-state index is 0.0985. The molecular weight excluding hydrogens is 244 g/mol. The van der Waals surface area contributed by atoms with Gasteiger partial charge in [-0.2, -0.15) is 0 Å². The van der Waals surface area contributed by atoms with Crippen molar-refractivity contribution in [3.8, 4) is 0 Å². The van der Waals surface area contributed by atoms with E-state index >= 15 is 0 Å². The topological polar surface area (TPSA) is 78.4 Å². The molecule has 1 rings (SSSR count). The third-order valence-electron chi connectivity index (χ3n) is 3.74. The van der Waals surface area contributed by atoms with Gasteiger partial charge in [0, 0.05) is 19.0 Å². The van der Waals surface area contributed by atoms with Crippen LogP contribution in [-0.2, 0) is 4.79 Å². The number of urea groups is 1. The Labute approximate surface area is 115 Å². The standard InChI is InChI=1S/C14H26N2O3/c1-2-6-12(11-7-3-4-8-11)16-14(19)15-10-5-9-13(17)18/h11-12H,2-10H2,1H3,(H,17,18)(H2,15,16,19). The van der Waals surface area contributed by atoms with E-state index in [0.717, 1.165) is 12.8 Å². The molecule has 5 nitrogen and oxygen atoms in total. The fourth-order valence-corrected chi connectivity index (χ4v) is 2.76. The summed E-state index contributed by atoms with van der Waals surface area (Å²) >= 11 is 0. The lowest BCUT2D eigenvalue weighted by molar-refractivity contribution is -0.137. The van der Waals surface area contributed by atoms with E-state index in [9.17, 15) is 9.59 Å². The first-order chi connectivity index (χ1) is 9.13. The van der Waals surface area contributed by atoms with Crippen LogP contribution in [0.5, 0.6) is 0 Å². The van der Waals surface area contributed by atoms with E-state index in [1.54, 1.807) is 0 Å². The largest absolute Gasteiger partial charge is 0.481 e. The minimum Gasteiger partial charge on any atom is -0.481 e. The number of carboxylic acid groups (broad SMARTS) is 1. The summed E-state index contributed by atoms with van der Waals surface area (Å²) in [6.45, 7) is 2.55. The van der Waals surface area contributed by atoms with Crippen molar-refractivity contribution in [1.82, 2.24) is 10.6 Å². The molecule has 1 aliphatic rings. The van der Waals surface area contributed by atoms with Gasteiger partial charge in [0.15, 0.2) is 0 Å². The van der Waals surface area contributed by atoms with E-state index in [4.69, 9.17) is 5.11 Å². The lowest BCUT2D eigenvalue weighted by Crippen LogP contribution is -2.45. The predicted octanol–water partition coefficient (Wildman–Crippen LogP) is 2.51. The maximum Gasteiger partial charge on any atom is 0.315 e. The van der Waals surface area contributed by atoms with Crippen molar-refractivity contribution in [2.75, 3.05) is 6.54 Å². The number of hydrogen-bond acceptors (Lipinski definition) is 2. The zero-order chi connectivity index (χ0) is 14.1. The quantitative estimate of drug-likeness (QED) is 0.593. The smallest absolute Gasteiger partial charge is 0.315 e. The zero-order valence-corrected chi connectivity index (χ0v) is 11.8. The number of carbonyl (C=O) groups is 2. The van der Waals surface area contributed by atoms with Crippen LogP contribution in [0.2, 0.25) is 0 Å². The van der Waals surface area contributed by atoms with Crippen molar-refractivity contribution >= 4 is 12.0 Å². The van der Waals surface area contributed by atoms with Crippen molar-refractivity contribution in [3.63, 3.8) is 0 Å². The summed E-state index contributed by atoms with van der Waals surface area (Å²) in [5.41, 5.74) is 0. The van der Waals surface area contributed by atoms with Crippen LogP contribution >= 0.6 is 0 Å². The highest BCUT2D eigenvalue weighted by Gasteiger charge is 2.25. The first-order valence-corrected chi connectivity index (χ1v) is 7.39. The Balaban J connectivity index is 2.24. The van der Waals surface area contributed by atoms with Gasteiger partial charge in [0.2, 0.25) is 0 Å². The summed E-state index contributed by atoms with van der Waals surface area (Å²) in [6.07, 6.45) is 7.63. The van der Waals surface area contributed by atoms with Gasteiger partial charge in [0.05, 0.1) is 0 Å². The molecule has 0 saturated heterocycles. The lowest BCUT2D eigenvalue weighted by atomic mass is 9.94. The number of aliphatic carboxylic acids is 1. The van der Waals surface area contributed by atoms with Gasteiger partial charge in [-0.1, -0.05) is 26.2 Å². The van der Waals surface area contributed by atoms with Gasteiger partial charge >= 0.3 is 12.0 Å². The number of hydrogen-bond donors (Lipinski definition) is 3. The molecule has 1 saturated carbocycles. The van der Waals surface area contributed by atoms with Crippen LogP contribution < -0.4 is 10.6 Å². The van der Waals surface area contributed by atoms with Crippen LogP contribution in [0.1, 0.15) is 58.3 Å². The second kappa shape index (κ2) is 8.77. The molecule has 0 radical (unpaired) electrons. The van der Waals surface area contributed by atoms with Gasteiger partial charge in [-0.15, -0.1) is 0 Å². The Morgan fingerprint density at radius 3 is 2.58 bits per heavy atom. The summed E-state index contributed by atoms with van der Waals surface area (Å²) in [5.74, 6) is -0.207. The fourth-order valence-electron chi connectivity index (χ4n) is 2.76. The summed E-state index contributed by atoms with van der Waals surface area (Å²) in [6, 6.07) is 0.114. The van der Waals surface area contributed by atoms with Crippen LogP contribution in [0.3, 0.4) is 0 Å². The first kappa shape index (κ1) is 15.8. The fraction of sp³-hybridized carbons (Fsp3) is 0.857. The van der Waals surface area contributed by atoms with E-state index in [1.165, 1.54) is 25.7 Å². The van der Waals surface area contributed by atoms with Crippen LogP contribution in [0.4, 0.5) is 4.79 Å². The highest BCUT2D eigenvalue weighted by Crippen LogP contribution is 2.29. The SMILES string of the molecule is CCCC(NC(=O)NCCCC(=O)O)C1CCCC1. The predicted molar refractivity (Wildman–Crippen MR) is 74.1 cm³/mol. The number of rotatable bonds is 8. The third kappa shape index (κ3) is 6.45. The average Bonchev–Trinajstić information content (AvgIpc) is 2.87. The van der Waals surface area contributed by atoms with Crippen molar-refractivity contribution in [2.45, 2.75) is 64.3 Å². The highest BCUT2D eigenvalue weighted by molar-refractivity contribution is 5.74. The monoisotopic (exact) mass is 270 g/mol. The molecule has 0 heterocycles. The molecule has 3 N–H and O–H groups in total. The molecule has 0 bridgehead atoms. The average molecular weight is 270 g/mol. The highest BCUT2D eigenvalue weighted by atomic mass is 16.4. The molecule has 0 aromatic rings. The van der Waals surface area contributed by atoms with Crippen molar-refractivity contribution < 1.29 is 14.7 Å². The van der Waals surface area contributed by atoms with E-state index in [1.807, 2.05) is 0 Å². The molecular formula is C14H26N2O3. The zero-order valence-electron chi connectivity index (χ0n) is 11.8. The molecule has 1 unspecified atom stereocenters. The molecule has 1 fully saturated rings.